The van der Waals surface area contributed by atoms with Crippen LogP contribution in [-0.2, 0) is 14.3 Å². The number of nitrogens with zero attached hydrogens (tertiary/aromatic N) is 1. The van der Waals surface area contributed by atoms with Gasteiger partial charge < -0.3 is 9.94 Å². The highest BCUT2D eigenvalue weighted by Crippen LogP contribution is 2.66. The second-order valence-corrected chi connectivity index (χ2v) is 10.6. The van der Waals surface area contributed by atoms with E-state index in [1.54, 1.807) is 0 Å². The lowest BCUT2D eigenvalue weighted by molar-refractivity contribution is -0.168. The van der Waals surface area contributed by atoms with Gasteiger partial charge in [0.15, 0.2) is 0 Å². The number of rotatable bonds is 2. The minimum atomic E-state index is -0.190. The first-order valence-electron chi connectivity index (χ1n) is 11.1. The first kappa shape index (κ1) is 19.9. The molecule has 4 fully saturated rings. The number of hydrogen-bond donors (Lipinski definition) is 1. The average molecular weight is 390 g/mol. The SMILES string of the molecule is CC(=O)O[C@@H]1CC[C@@]2(C)[C@H](CC[C@@H]3[C@@H]4CC[C@H](/C(C)=N\O)[C@@]4(C)CC(=O)[C@@H]32)C1. The molecule has 0 radical (unpaired) electrons. The molecular formula is C23H35NO4. The molecule has 0 saturated heterocycles. The number of oxime groups is 1. The Kier molecular flexibility index (Phi) is 4.86. The van der Waals surface area contributed by atoms with Crippen molar-refractivity contribution >= 4 is 17.5 Å². The van der Waals surface area contributed by atoms with Crippen molar-refractivity contribution in [3.63, 3.8) is 0 Å². The fourth-order valence-corrected chi connectivity index (χ4v) is 8.13. The van der Waals surface area contributed by atoms with E-state index in [0.29, 0.717) is 30.0 Å². The lowest BCUT2D eigenvalue weighted by Crippen LogP contribution is -2.58. The Morgan fingerprint density at radius 2 is 1.86 bits per heavy atom. The van der Waals surface area contributed by atoms with Crippen LogP contribution < -0.4 is 0 Å². The van der Waals surface area contributed by atoms with Gasteiger partial charge in [-0.15, -0.1) is 0 Å². The lowest BCUT2D eigenvalue weighted by atomic mass is 9.44. The second-order valence-electron chi connectivity index (χ2n) is 10.6. The highest BCUT2D eigenvalue weighted by molar-refractivity contribution is 5.89. The number of ether oxygens (including phenoxy) is 1. The molecule has 0 bridgehead atoms. The Hall–Kier alpha value is -1.39. The lowest BCUT2D eigenvalue weighted by Gasteiger charge is -2.60. The number of carbonyl (C=O) groups excluding carboxylic acids is 2. The van der Waals surface area contributed by atoms with E-state index in [4.69, 9.17) is 4.74 Å². The summed E-state index contributed by atoms with van der Waals surface area (Å²) in [6, 6.07) is 0. The van der Waals surface area contributed by atoms with Crippen LogP contribution in [0.25, 0.3) is 0 Å². The van der Waals surface area contributed by atoms with Gasteiger partial charge in [0.1, 0.15) is 11.9 Å². The van der Waals surface area contributed by atoms with E-state index in [-0.39, 0.29) is 34.7 Å². The molecule has 28 heavy (non-hydrogen) atoms. The maximum atomic E-state index is 13.6. The minimum absolute atomic E-state index is 0.0235. The van der Waals surface area contributed by atoms with Crippen LogP contribution in [0.5, 0.6) is 0 Å². The maximum Gasteiger partial charge on any atom is 0.302 e. The second kappa shape index (κ2) is 6.84. The quantitative estimate of drug-likeness (QED) is 0.324. The maximum absolute atomic E-state index is 13.6. The zero-order valence-corrected chi connectivity index (χ0v) is 17.7. The molecule has 4 rings (SSSR count). The molecule has 5 heteroatoms. The van der Waals surface area contributed by atoms with Gasteiger partial charge in [0.25, 0.3) is 0 Å². The molecule has 4 aliphatic rings. The number of fused-ring (bicyclic) bond motifs is 5. The van der Waals surface area contributed by atoms with Crippen LogP contribution in [0.15, 0.2) is 5.16 Å². The van der Waals surface area contributed by atoms with E-state index in [1.807, 2.05) is 6.92 Å². The van der Waals surface area contributed by atoms with Gasteiger partial charge in [-0.3, -0.25) is 9.59 Å². The predicted molar refractivity (Wildman–Crippen MR) is 106 cm³/mol. The Bertz CT molecular complexity index is 703. The summed E-state index contributed by atoms with van der Waals surface area (Å²) in [5, 5.41) is 12.9. The first-order valence-corrected chi connectivity index (χ1v) is 11.1. The monoisotopic (exact) mass is 389 g/mol. The van der Waals surface area contributed by atoms with Gasteiger partial charge in [-0.1, -0.05) is 19.0 Å². The average Bonchev–Trinajstić information content (AvgIpc) is 2.97. The summed E-state index contributed by atoms with van der Waals surface area (Å²) < 4.78 is 5.53. The van der Waals surface area contributed by atoms with Crippen molar-refractivity contribution < 1.29 is 19.5 Å². The topological polar surface area (TPSA) is 76.0 Å². The van der Waals surface area contributed by atoms with Gasteiger partial charge >= 0.3 is 5.97 Å². The Morgan fingerprint density at radius 1 is 1.11 bits per heavy atom. The van der Waals surface area contributed by atoms with Crippen LogP contribution in [0, 0.1) is 40.4 Å². The van der Waals surface area contributed by atoms with Crippen molar-refractivity contribution in [2.75, 3.05) is 0 Å². The van der Waals surface area contributed by atoms with Crippen LogP contribution in [0.2, 0.25) is 0 Å². The van der Waals surface area contributed by atoms with Gasteiger partial charge in [-0.2, -0.15) is 0 Å². The Balaban J connectivity index is 1.60. The summed E-state index contributed by atoms with van der Waals surface area (Å²) in [6.07, 6.45) is 7.81. The molecule has 0 aromatic heterocycles. The van der Waals surface area contributed by atoms with Gasteiger partial charge in [0.05, 0.1) is 5.71 Å². The molecule has 0 heterocycles. The molecular weight excluding hydrogens is 354 g/mol. The molecule has 8 atom stereocenters. The summed E-state index contributed by atoms with van der Waals surface area (Å²) in [5.74, 6) is 2.07. The smallest absolute Gasteiger partial charge is 0.302 e. The molecule has 0 amide bonds. The number of carbonyl (C=O) groups is 2. The molecule has 0 spiro atoms. The van der Waals surface area contributed by atoms with Gasteiger partial charge in [-0.05, 0) is 80.5 Å². The van der Waals surface area contributed by atoms with Crippen molar-refractivity contribution in [1.82, 2.24) is 0 Å². The summed E-state index contributed by atoms with van der Waals surface area (Å²) in [6.45, 7) is 8.00. The highest BCUT2D eigenvalue weighted by atomic mass is 16.5. The summed E-state index contributed by atoms with van der Waals surface area (Å²) >= 11 is 0. The van der Waals surface area contributed by atoms with E-state index in [9.17, 15) is 14.8 Å². The van der Waals surface area contributed by atoms with Gasteiger partial charge in [0.2, 0.25) is 0 Å². The standard InChI is InChI=1S/C23H35NO4/c1-13(24-27)18-7-8-19-17-6-5-15-11-16(28-14(2)25)9-10-22(15,3)21(17)20(26)12-23(18,19)4/h15-19,21,27H,5-12H2,1-4H3/b24-13-/t15-,16-,17-,18-,19+,21-,22+,23-/m1/s1. The normalized spacial score (nSPS) is 48.4. The Morgan fingerprint density at radius 3 is 2.54 bits per heavy atom. The third-order valence-electron chi connectivity index (χ3n) is 9.30. The van der Waals surface area contributed by atoms with Gasteiger partial charge in [0, 0.05) is 25.2 Å². The van der Waals surface area contributed by atoms with Crippen molar-refractivity contribution in [3.05, 3.63) is 0 Å². The molecule has 5 nitrogen and oxygen atoms in total. The van der Waals surface area contributed by atoms with Crippen molar-refractivity contribution in [2.45, 2.75) is 85.2 Å². The van der Waals surface area contributed by atoms with E-state index in [1.165, 1.54) is 6.92 Å². The number of hydrogen-bond acceptors (Lipinski definition) is 5. The fraction of sp³-hybridized carbons (Fsp3) is 0.870. The summed E-state index contributed by atoms with van der Waals surface area (Å²) in [7, 11) is 0. The van der Waals surface area contributed by atoms with Crippen molar-refractivity contribution in [1.29, 1.82) is 0 Å². The number of ketones is 1. The molecule has 4 aliphatic carbocycles. The zero-order valence-electron chi connectivity index (χ0n) is 17.7. The third kappa shape index (κ3) is 2.83. The highest BCUT2D eigenvalue weighted by Gasteiger charge is 2.63. The fourth-order valence-electron chi connectivity index (χ4n) is 8.13. The van der Waals surface area contributed by atoms with Gasteiger partial charge in [-0.25, -0.2) is 0 Å². The van der Waals surface area contributed by atoms with Crippen LogP contribution in [-0.4, -0.2) is 28.8 Å². The molecule has 0 aromatic rings. The molecule has 0 aromatic carbocycles. The summed E-state index contributed by atoms with van der Waals surface area (Å²) in [4.78, 5) is 25.0. The molecule has 4 saturated carbocycles. The molecule has 1 N–H and O–H groups in total. The largest absolute Gasteiger partial charge is 0.463 e. The number of Topliss-reactive ketones (excluding diaryl/α,β-unsaturated/α-hetero) is 1. The van der Waals surface area contributed by atoms with E-state index < -0.39 is 0 Å². The Labute approximate surface area is 168 Å². The van der Waals surface area contributed by atoms with Crippen molar-refractivity contribution in [3.8, 4) is 0 Å². The zero-order chi connectivity index (χ0) is 20.3. The molecule has 0 aliphatic heterocycles. The van der Waals surface area contributed by atoms with Crippen LogP contribution in [0.3, 0.4) is 0 Å². The molecule has 156 valence electrons. The van der Waals surface area contributed by atoms with Crippen LogP contribution >= 0.6 is 0 Å². The van der Waals surface area contributed by atoms with Crippen molar-refractivity contribution in [2.24, 2.45) is 45.6 Å². The van der Waals surface area contributed by atoms with E-state index in [2.05, 4.69) is 19.0 Å². The van der Waals surface area contributed by atoms with E-state index in [0.717, 1.165) is 50.7 Å². The first-order chi connectivity index (χ1) is 13.2. The minimum Gasteiger partial charge on any atom is -0.463 e. The molecule has 0 unspecified atom stereocenters. The van der Waals surface area contributed by atoms with Crippen LogP contribution in [0.4, 0.5) is 0 Å². The van der Waals surface area contributed by atoms with E-state index >= 15 is 0 Å². The van der Waals surface area contributed by atoms with Crippen LogP contribution in [0.1, 0.15) is 79.1 Å². The third-order valence-corrected chi connectivity index (χ3v) is 9.30. The predicted octanol–water partition coefficient (Wildman–Crippen LogP) is 4.61. The number of esters is 1. The summed E-state index contributed by atoms with van der Waals surface area (Å²) in [5.41, 5.74) is 0.765.